The van der Waals surface area contributed by atoms with Gasteiger partial charge in [0.2, 0.25) is 5.34 Å². The zero-order chi connectivity index (χ0) is 12.9. The van der Waals surface area contributed by atoms with Crippen LogP contribution in [-0.2, 0) is 4.57 Å². The number of aliphatic hydroxyl groups is 6. The highest BCUT2D eigenvalue weighted by molar-refractivity contribution is 7.53. The van der Waals surface area contributed by atoms with Gasteiger partial charge in [0.1, 0.15) is 30.5 Å². The van der Waals surface area contributed by atoms with Crippen LogP contribution >= 0.6 is 7.60 Å². The molecule has 0 amide bonds. The van der Waals surface area contributed by atoms with Gasteiger partial charge >= 0.3 is 7.60 Å². The van der Waals surface area contributed by atoms with Crippen molar-refractivity contribution >= 4 is 7.60 Å². The molecule has 0 radical (unpaired) electrons. The van der Waals surface area contributed by atoms with E-state index in [2.05, 4.69) is 0 Å². The van der Waals surface area contributed by atoms with Gasteiger partial charge < -0.3 is 40.4 Å². The van der Waals surface area contributed by atoms with E-state index in [1.54, 1.807) is 0 Å². The van der Waals surface area contributed by atoms with Crippen molar-refractivity contribution < 1.29 is 45.0 Å². The molecular formula is C6H13O9P. The lowest BCUT2D eigenvalue weighted by molar-refractivity contribution is -0.243. The molecule has 0 bridgehead atoms. The van der Waals surface area contributed by atoms with Crippen molar-refractivity contribution in [3.8, 4) is 0 Å². The van der Waals surface area contributed by atoms with Gasteiger partial charge in [-0.2, -0.15) is 0 Å². The Morgan fingerprint density at radius 2 is 1.12 bits per heavy atom. The Kier molecular flexibility index (Phi) is 3.48. The third-order valence-electron chi connectivity index (χ3n) is 2.68. The van der Waals surface area contributed by atoms with Crippen LogP contribution < -0.4 is 0 Å². The SMILES string of the molecule is O=P(O)(O)[C@]1(O)[C@H](O)[C@@H](O)[C@@H](O)[C@@H](O)[C@@H]1O. The van der Waals surface area contributed by atoms with E-state index >= 15 is 0 Å². The molecule has 0 saturated heterocycles. The second-order valence-electron chi connectivity index (χ2n) is 3.69. The van der Waals surface area contributed by atoms with Crippen LogP contribution in [0.1, 0.15) is 0 Å². The van der Waals surface area contributed by atoms with Crippen molar-refractivity contribution in [1.82, 2.24) is 0 Å². The highest BCUT2D eigenvalue weighted by atomic mass is 31.2. The van der Waals surface area contributed by atoms with E-state index in [-0.39, 0.29) is 0 Å². The van der Waals surface area contributed by atoms with Crippen LogP contribution in [0, 0.1) is 0 Å². The highest BCUT2D eigenvalue weighted by Gasteiger charge is 2.66. The van der Waals surface area contributed by atoms with Gasteiger partial charge in [-0.1, -0.05) is 0 Å². The van der Waals surface area contributed by atoms with Crippen LogP contribution in [0.3, 0.4) is 0 Å². The Morgan fingerprint density at radius 1 is 0.812 bits per heavy atom. The summed E-state index contributed by atoms with van der Waals surface area (Å²) in [7, 11) is -5.44. The van der Waals surface area contributed by atoms with Crippen LogP contribution in [0.25, 0.3) is 0 Å². The lowest BCUT2D eigenvalue weighted by Gasteiger charge is -2.47. The molecule has 0 aromatic rings. The molecule has 96 valence electrons. The molecule has 0 aromatic heterocycles. The third kappa shape index (κ3) is 1.70. The molecule has 0 heterocycles. The lowest BCUT2D eigenvalue weighted by atomic mass is 9.84. The van der Waals surface area contributed by atoms with Crippen LogP contribution in [0.15, 0.2) is 0 Å². The van der Waals surface area contributed by atoms with E-state index in [1.165, 1.54) is 0 Å². The molecule has 1 aliphatic carbocycles. The minimum atomic E-state index is -5.44. The molecule has 1 saturated carbocycles. The Labute approximate surface area is 89.4 Å². The van der Waals surface area contributed by atoms with Gasteiger partial charge in [-0.25, -0.2) is 0 Å². The first-order valence-electron chi connectivity index (χ1n) is 4.23. The molecule has 1 fully saturated rings. The fraction of sp³-hybridized carbons (Fsp3) is 1.00. The molecule has 0 spiro atoms. The summed E-state index contributed by atoms with van der Waals surface area (Å²) >= 11 is 0. The van der Waals surface area contributed by atoms with E-state index in [4.69, 9.17) is 25.1 Å². The number of rotatable bonds is 1. The smallest absolute Gasteiger partial charge is 0.362 e. The zero-order valence-corrected chi connectivity index (χ0v) is 8.71. The van der Waals surface area contributed by atoms with Gasteiger partial charge in [0, 0.05) is 0 Å². The average molecular weight is 260 g/mol. The number of aliphatic hydroxyl groups excluding tert-OH is 5. The van der Waals surface area contributed by atoms with Gasteiger partial charge in [-0.3, -0.25) is 4.57 Å². The fourth-order valence-electron chi connectivity index (χ4n) is 1.60. The largest absolute Gasteiger partial charge is 0.387 e. The quantitative estimate of drug-likeness (QED) is 0.216. The Hall–Kier alpha value is -0.0900. The van der Waals surface area contributed by atoms with Crippen LogP contribution in [0.5, 0.6) is 0 Å². The average Bonchev–Trinajstić information content (AvgIpc) is 2.19. The summed E-state index contributed by atoms with van der Waals surface area (Å²) in [6.07, 6.45) is -11.4. The summed E-state index contributed by atoms with van der Waals surface area (Å²) in [5.41, 5.74) is 0. The van der Waals surface area contributed by atoms with E-state index < -0.39 is 43.5 Å². The van der Waals surface area contributed by atoms with Crippen molar-refractivity contribution in [3.05, 3.63) is 0 Å². The molecule has 0 unspecified atom stereocenters. The first kappa shape index (κ1) is 14.0. The van der Waals surface area contributed by atoms with Gasteiger partial charge in [-0.05, 0) is 0 Å². The topological polar surface area (TPSA) is 179 Å². The summed E-state index contributed by atoms with van der Waals surface area (Å²) in [5, 5.41) is 52.0. The predicted molar refractivity (Wildman–Crippen MR) is 47.0 cm³/mol. The molecule has 10 heteroatoms. The fourth-order valence-corrected chi connectivity index (χ4v) is 2.59. The standard InChI is InChI=1S/C6H13O9P/c7-1-2(8)4(10)6(12,16(13,14)15)5(11)3(1)9/h1-5,7-12H,(H2,13,14,15)/t1-,2+,3-,4-,5+,6-. The minimum absolute atomic E-state index is 2.03. The normalized spacial score (nSPS) is 50.4. The first-order valence-corrected chi connectivity index (χ1v) is 5.84. The summed E-state index contributed by atoms with van der Waals surface area (Å²) in [5.74, 6) is 0. The van der Waals surface area contributed by atoms with Crippen molar-refractivity contribution in [2.45, 2.75) is 35.9 Å². The second kappa shape index (κ2) is 3.98. The Morgan fingerprint density at radius 3 is 1.38 bits per heavy atom. The molecule has 1 rings (SSSR count). The van der Waals surface area contributed by atoms with E-state index in [0.29, 0.717) is 0 Å². The highest BCUT2D eigenvalue weighted by Crippen LogP contribution is 2.55. The Bertz CT molecular complexity index is 297. The maximum absolute atomic E-state index is 10.9. The molecule has 8 N–H and O–H groups in total. The van der Waals surface area contributed by atoms with E-state index in [0.717, 1.165) is 0 Å². The first-order chi connectivity index (χ1) is 7.05. The molecule has 0 aliphatic heterocycles. The maximum Gasteiger partial charge on any atom is 0.362 e. The Balaban J connectivity index is 3.24. The van der Waals surface area contributed by atoms with Gasteiger partial charge in [0.05, 0.1) is 0 Å². The third-order valence-corrected chi connectivity index (χ3v) is 4.15. The van der Waals surface area contributed by atoms with Crippen molar-refractivity contribution in [2.75, 3.05) is 0 Å². The summed E-state index contributed by atoms with van der Waals surface area (Å²) in [6, 6.07) is 0. The zero-order valence-electron chi connectivity index (χ0n) is 7.82. The molecule has 6 atom stereocenters. The predicted octanol–water partition coefficient (Wildman–Crippen LogP) is -4.33. The monoisotopic (exact) mass is 260 g/mol. The number of hydrogen-bond acceptors (Lipinski definition) is 7. The van der Waals surface area contributed by atoms with Gasteiger partial charge in [0.25, 0.3) is 0 Å². The van der Waals surface area contributed by atoms with Crippen LogP contribution in [0.4, 0.5) is 0 Å². The van der Waals surface area contributed by atoms with Crippen molar-refractivity contribution in [3.63, 3.8) is 0 Å². The summed E-state index contributed by atoms with van der Waals surface area (Å²) in [4.78, 5) is 17.6. The summed E-state index contributed by atoms with van der Waals surface area (Å²) in [6.45, 7) is 0. The maximum atomic E-state index is 10.9. The van der Waals surface area contributed by atoms with E-state index in [1.807, 2.05) is 0 Å². The van der Waals surface area contributed by atoms with Crippen LogP contribution in [-0.4, -0.2) is 76.3 Å². The summed E-state index contributed by atoms with van der Waals surface area (Å²) < 4.78 is 10.9. The lowest BCUT2D eigenvalue weighted by Crippen LogP contribution is -2.70. The van der Waals surface area contributed by atoms with Gasteiger partial charge in [-0.15, -0.1) is 0 Å². The molecule has 9 nitrogen and oxygen atoms in total. The van der Waals surface area contributed by atoms with E-state index in [9.17, 15) is 19.9 Å². The molecule has 16 heavy (non-hydrogen) atoms. The molecular weight excluding hydrogens is 247 g/mol. The van der Waals surface area contributed by atoms with Crippen molar-refractivity contribution in [2.24, 2.45) is 0 Å². The van der Waals surface area contributed by atoms with Gasteiger partial charge in [0.15, 0.2) is 0 Å². The van der Waals surface area contributed by atoms with Crippen LogP contribution in [0.2, 0.25) is 0 Å². The number of hydrogen-bond donors (Lipinski definition) is 8. The second-order valence-corrected chi connectivity index (χ2v) is 5.49. The molecule has 0 aromatic carbocycles. The molecule has 1 aliphatic rings. The van der Waals surface area contributed by atoms with Crippen molar-refractivity contribution in [1.29, 1.82) is 0 Å². The minimum Gasteiger partial charge on any atom is -0.387 e.